The van der Waals surface area contributed by atoms with Crippen LogP contribution in [0.15, 0.2) is 18.2 Å². The summed E-state index contributed by atoms with van der Waals surface area (Å²) in [6, 6.07) is 4.39. The van der Waals surface area contributed by atoms with Gasteiger partial charge in [0, 0.05) is 18.3 Å². The van der Waals surface area contributed by atoms with Crippen molar-refractivity contribution in [2.75, 3.05) is 23.4 Å². The van der Waals surface area contributed by atoms with E-state index in [-0.39, 0.29) is 23.9 Å². The first-order valence-electron chi connectivity index (χ1n) is 8.70. The van der Waals surface area contributed by atoms with Crippen molar-refractivity contribution in [2.45, 2.75) is 51.7 Å². The quantitative estimate of drug-likeness (QED) is 0.790. The summed E-state index contributed by atoms with van der Waals surface area (Å²) in [5, 5.41) is 1.78. The average Bonchev–Trinajstić information content (AvgIpc) is 2.59. The summed E-state index contributed by atoms with van der Waals surface area (Å²) >= 11 is 0. The van der Waals surface area contributed by atoms with Gasteiger partial charge in [0.25, 0.3) is 0 Å². The van der Waals surface area contributed by atoms with Gasteiger partial charge in [-0.2, -0.15) is 13.2 Å². The Kier molecular flexibility index (Phi) is 6.50. The number of piperidine rings is 1. The molecular formula is C18H23F3N2O3. The van der Waals surface area contributed by atoms with Crippen molar-refractivity contribution in [3.63, 3.8) is 0 Å². The third-order valence-corrected chi connectivity index (χ3v) is 4.28. The van der Waals surface area contributed by atoms with Crippen LogP contribution in [0.2, 0.25) is 0 Å². The van der Waals surface area contributed by atoms with Crippen LogP contribution in [0.25, 0.3) is 0 Å². The second-order valence-corrected chi connectivity index (χ2v) is 6.36. The predicted octanol–water partition coefficient (Wildman–Crippen LogP) is 4.13. The number of nitrogens with zero attached hydrogens (tertiary/aromatic N) is 1. The Hall–Kier alpha value is -2.25. The lowest BCUT2D eigenvalue weighted by molar-refractivity contribution is -0.167. The number of hydrogen-bond donors (Lipinski definition) is 1. The molecule has 1 aliphatic rings. The SMILES string of the molecule is CCCOC(=O)c1cc(NC(=O)C(F)(F)F)ccc1N1CCCCC1C. The van der Waals surface area contributed by atoms with Gasteiger partial charge in [0.15, 0.2) is 0 Å². The van der Waals surface area contributed by atoms with E-state index in [1.54, 1.807) is 11.4 Å². The minimum atomic E-state index is -5.00. The minimum Gasteiger partial charge on any atom is -0.462 e. The van der Waals surface area contributed by atoms with Crippen LogP contribution in [0.4, 0.5) is 24.5 Å². The van der Waals surface area contributed by atoms with Gasteiger partial charge in [0.2, 0.25) is 0 Å². The third kappa shape index (κ3) is 4.89. The molecule has 1 fully saturated rings. The monoisotopic (exact) mass is 372 g/mol. The van der Waals surface area contributed by atoms with Gasteiger partial charge in [0.05, 0.1) is 17.9 Å². The largest absolute Gasteiger partial charge is 0.471 e. The summed E-state index contributed by atoms with van der Waals surface area (Å²) in [4.78, 5) is 25.6. The fourth-order valence-electron chi connectivity index (χ4n) is 2.96. The Bertz CT molecular complexity index is 662. The molecule has 1 amide bonds. The average molecular weight is 372 g/mol. The molecule has 0 spiro atoms. The second-order valence-electron chi connectivity index (χ2n) is 6.36. The highest BCUT2D eigenvalue weighted by Gasteiger charge is 2.38. The van der Waals surface area contributed by atoms with E-state index in [2.05, 4.69) is 4.90 Å². The van der Waals surface area contributed by atoms with Crippen LogP contribution >= 0.6 is 0 Å². The highest BCUT2D eigenvalue weighted by atomic mass is 19.4. The molecule has 1 saturated heterocycles. The summed E-state index contributed by atoms with van der Waals surface area (Å²) < 4.78 is 42.6. The first-order chi connectivity index (χ1) is 12.2. The topological polar surface area (TPSA) is 58.6 Å². The highest BCUT2D eigenvalue weighted by Crippen LogP contribution is 2.31. The molecule has 144 valence electrons. The van der Waals surface area contributed by atoms with Gasteiger partial charge in [0.1, 0.15) is 0 Å². The van der Waals surface area contributed by atoms with Crippen LogP contribution in [-0.2, 0) is 9.53 Å². The maximum Gasteiger partial charge on any atom is 0.471 e. The molecule has 26 heavy (non-hydrogen) atoms. The molecular weight excluding hydrogens is 349 g/mol. The maximum absolute atomic E-state index is 12.5. The van der Waals surface area contributed by atoms with E-state index in [4.69, 9.17) is 4.74 Å². The molecule has 0 aliphatic carbocycles. The number of rotatable bonds is 5. The van der Waals surface area contributed by atoms with Crippen molar-refractivity contribution in [1.29, 1.82) is 0 Å². The molecule has 2 rings (SSSR count). The number of nitrogens with one attached hydrogen (secondary N) is 1. The number of esters is 1. The number of ether oxygens (including phenoxy) is 1. The second kappa shape index (κ2) is 8.42. The van der Waals surface area contributed by atoms with E-state index in [1.807, 2.05) is 13.8 Å². The van der Waals surface area contributed by atoms with Crippen LogP contribution in [0.5, 0.6) is 0 Å². The predicted molar refractivity (Wildman–Crippen MR) is 92.4 cm³/mol. The number of amides is 1. The smallest absolute Gasteiger partial charge is 0.462 e. The Labute approximate surface area is 150 Å². The summed E-state index contributed by atoms with van der Waals surface area (Å²) in [6.07, 6.45) is -1.34. The molecule has 8 heteroatoms. The molecule has 1 unspecified atom stereocenters. The summed E-state index contributed by atoms with van der Waals surface area (Å²) in [5.74, 6) is -2.69. The summed E-state index contributed by atoms with van der Waals surface area (Å²) in [6.45, 7) is 4.86. The number of halogens is 3. The lowest BCUT2D eigenvalue weighted by atomic mass is 10.0. The van der Waals surface area contributed by atoms with Gasteiger partial charge in [-0.15, -0.1) is 0 Å². The van der Waals surface area contributed by atoms with E-state index in [1.165, 1.54) is 12.1 Å². The van der Waals surface area contributed by atoms with Crippen LogP contribution in [0.1, 0.15) is 49.9 Å². The molecule has 1 heterocycles. The summed E-state index contributed by atoms with van der Waals surface area (Å²) in [5.41, 5.74) is 0.680. The summed E-state index contributed by atoms with van der Waals surface area (Å²) in [7, 11) is 0. The molecule has 1 aromatic rings. The van der Waals surface area contributed by atoms with E-state index >= 15 is 0 Å². The third-order valence-electron chi connectivity index (χ3n) is 4.28. The van der Waals surface area contributed by atoms with Gasteiger partial charge in [-0.3, -0.25) is 4.79 Å². The Balaban J connectivity index is 2.34. The minimum absolute atomic E-state index is 0.0933. The van der Waals surface area contributed by atoms with Gasteiger partial charge in [-0.25, -0.2) is 4.79 Å². The first kappa shape index (κ1) is 20.1. The molecule has 1 atom stereocenters. The number of alkyl halides is 3. The molecule has 0 aromatic heterocycles. The van der Waals surface area contributed by atoms with Crippen molar-refractivity contribution in [2.24, 2.45) is 0 Å². The van der Waals surface area contributed by atoms with Crippen molar-refractivity contribution < 1.29 is 27.5 Å². The number of carbonyl (C=O) groups excluding carboxylic acids is 2. The van der Waals surface area contributed by atoms with Gasteiger partial charge in [-0.1, -0.05) is 6.92 Å². The fourth-order valence-corrected chi connectivity index (χ4v) is 2.96. The van der Waals surface area contributed by atoms with Crippen LogP contribution in [-0.4, -0.2) is 37.2 Å². The Morgan fingerprint density at radius 1 is 1.31 bits per heavy atom. The zero-order valence-corrected chi connectivity index (χ0v) is 14.9. The van der Waals surface area contributed by atoms with Gasteiger partial charge < -0.3 is 15.0 Å². The van der Waals surface area contributed by atoms with E-state index in [9.17, 15) is 22.8 Å². The van der Waals surface area contributed by atoms with E-state index in [0.29, 0.717) is 12.1 Å². The van der Waals surface area contributed by atoms with Crippen molar-refractivity contribution in [3.05, 3.63) is 23.8 Å². The molecule has 0 bridgehead atoms. The van der Waals surface area contributed by atoms with Crippen LogP contribution < -0.4 is 10.2 Å². The Morgan fingerprint density at radius 2 is 2.04 bits per heavy atom. The molecule has 0 saturated carbocycles. The van der Waals surface area contributed by atoms with Crippen molar-refractivity contribution >= 4 is 23.3 Å². The lowest BCUT2D eigenvalue weighted by Crippen LogP contribution is -2.38. The standard InChI is InChI=1S/C18H23F3N2O3/c1-3-10-26-16(24)14-11-13(22-17(25)18(19,20)21)7-8-15(14)23-9-5-4-6-12(23)2/h7-8,11-12H,3-6,9-10H2,1-2H3,(H,22,25). The fraction of sp³-hybridized carbons (Fsp3) is 0.556. The zero-order valence-electron chi connectivity index (χ0n) is 14.9. The zero-order chi connectivity index (χ0) is 19.3. The van der Waals surface area contributed by atoms with Crippen molar-refractivity contribution in [1.82, 2.24) is 0 Å². The molecule has 1 aliphatic heterocycles. The van der Waals surface area contributed by atoms with Crippen molar-refractivity contribution in [3.8, 4) is 0 Å². The number of anilines is 2. The maximum atomic E-state index is 12.5. The molecule has 0 radical (unpaired) electrons. The Morgan fingerprint density at radius 3 is 2.65 bits per heavy atom. The highest BCUT2D eigenvalue weighted by molar-refractivity contribution is 6.00. The van der Waals surface area contributed by atoms with Crippen LogP contribution in [0.3, 0.4) is 0 Å². The number of benzene rings is 1. The van der Waals surface area contributed by atoms with Gasteiger partial charge >= 0.3 is 18.1 Å². The number of carbonyl (C=O) groups is 2. The molecule has 1 aromatic carbocycles. The van der Waals surface area contributed by atoms with Gasteiger partial charge in [-0.05, 0) is 50.8 Å². The molecule has 1 N–H and O–H groups in total. The van der Waals surface area contributed by atoms with E-state index in [0.717, 1.165) is 25.8 Å². The van der Waals surface area contributed by atoms with E-state index < -0.39 is 18.1 Å². The lowest BCUT2D eigenvalue weighted by Gasteiger charge is -2.36. The van der Waals surface area contributed by atoms with Crippen LogP contribution in [0, 0.1) is 0 Å². The number of hydrogen-bond acceptors (Lipinski definition) is 4. The molecule has 5 nitrogen and oxygen atoms in total. The normalized spacial score (nSPS) is 17.7. The first-order valence-corrected chi connectivity index (χ1v) is 8.70.